The third-order valence-corrected chi connectivity index (χ3v) is 4.49. The zero-order chi connectivity index (χ0) is 20.7. The van der Waals surface area contributed by atoms with Crippen molar-refractivity contribution in [3.05, 3.63) is 35.9 Å². The van der Waals surface area contributed by atoms with E-state index >= 15 is 0 Å². The fourth-order valence-corrected chi connectivity index (χ4v) is 3.16. The van der Waals surface area contributed by atoms with Gasteiger partial charge in [0.15, 0.2) is 0 Å². The molecule has 0 spiro atoms. The molecule has 0 amide bonds. The predicted molar refractivity (Wildman–Crippen MR) is 91.4 cm³/mol. The molecule has 1 aliphatic heterocycles. The van der Waals surface area contributed by atoms with Crippen LogP contribution in [0.2, 0.25) is 0 Å². The van der Waals surface area contributed by atoms with E-state index in [0.29, 0.717) is 6.42 Å². The van der Waals surface area contributed by atoms with Gasteiger partial charge in [0.1, 0.15) is 0 Å². The molecule has 1 heterocycles. The first-order chi connectivity index (χ1) is 12.5. The number of halogens is 3. The van der Waals surface area contributed by atoms with Gasteiger partial charge in [-0.25, -0.2) is 4.79 Å². The van der Waals surface area contributed by atoms with E-state index in [9.17, 15) is 23.1 Å². The highest BCUT2D eigenvalue weighted by molar-refractivity contribution is 5.75. The number of carboxylic acids is 2. The topological polar surface area (TPSA) is 95.9 Å². The highest BCUT2D eigenvalue weighted by atomic mass is 19.4. The molecule has 0 bridgehead atoms. The molecular weight excluding hydrogens is 367 g/mol. The van der Waals surface area contributed by atoms with E-state index in [-0.39, 0.29) is 12.1 Å². The molecule has 0 unspecified atom stereocenters. The molecule has 0 radical (unpaired) electrons. The zero-order valence-electron chi connectivity index (χ0n) is 15.1. The highest BCUT2D eigenvalue weighted by Gasteiger charge is 2.46. The van der Waals surface area contributed by atoms with Crippen molar-refractivity contribution in [3.63, 3.8) is 0 Å². The number of ether oxygens (including phenoxy) is 1. The van der Waals surface area contributed by atoms with Crippen LogP contribution in [0.4, 0.5) is 13.2 Å². The average molecular weight is 391 g/mol. The fourth-order valence-electron chi connectivity index (χ4n) is 3.16. The summed E-state index contributed by atoms with van der Waals surface area (Å²) in [5, 5.41) is 20.2. The summed E-state index contributed by atoms with van der Waals surface area (Å²) < 4.78 is 37.3. The Bertz CT molecular complexity index is 617. The maximum absolute atomic E-state index is 11.9. The van der Waals surface area contributed by atoms with Crippen molar-refractivity contribution in [2.45, 2.75) is 44.5 Å². The molecule has 1 saturated heterocycles. The van der Waals surface area contributed by atoms with Gasteiger partial charge in [-0.15, -0.1) is 0 Å². The number of nitrogens with one attached hydrogen (secondary N) is 1. The summed E-state index contributed by atoms with van der Waals surface area (Å²) in [5.74, 6) is -3.56. The number of benzene rings is 1. The van der Waals surface area contributed by atoms with E-state index in [1.54, 1.807) is 14.0 Å². The van der Waals surface area contributed by atoms with Crippen molar-refractivity contribution < 1.29 is 37.7 Å². The predicted octanol–water partition coefficient (Wildman–Crippen LogP) is 2.72. The Balaban J connectivity index is 0.000000445. The zero-order valence-corrected chi connectivity index (χ0v) is 15.1. The minimum absolute atomic E-state index is 0.116. The van der Waals surface area contributed by atoms with Crippen LogP contribution in [0.15, 0.2) is 30.3 Å². The van der Waals surface area contributed by atoms with Gasteiger partial charge in [0.2, 0.25) is 0 Å². The third kappa shape index (κ3) is 6.51. The van der Waals surface area contributed by atoms with E-state index in [2.05, 4.69) is 5.32 Å². The van der Waals surface area contributed by atoms with Gasteiger partial charge >= 0.3 is 18.1 Å². The van der Waals surface area contributed by atoms with Gasteiger partial charge in [-0.05, 0) is 38.3 Å². The van der Waals surface area contributed by atoms with E-state index in [1.165, 1.54) is 0 Å². The Labute approximate surface area is 155 Å². The Morgan fingerprint density at radius 3 is 2.15 bits per heavy atom. The van der Waals surface area contributed by atoms with Crippen molar-refractivity contribution in [2.24, 2.45) is 5.41 Å². The van der Waals surface area contributed by atoms with Crippen LogP contribution in [0.25, 0.3) is 0 Å². The Morgan fingerprint density at radius 2 is 1.78 bits per heavy atom. The van der Waals surface area contributed by atoms with E-state index in [0.717, 1.165) is 24.9 Å². The van der Waals surface area contributed by atoms with Crippen molar-refractivity contribution in [3.8, 4) is 0 Å². The van der Waals surface area contributed by atoms with Crippen molar-refractivity contribution in [1.82, 2.24) is 5.32 Å². The van der Waals surface area contributed by atoms with Crippen molar-refractivity contribution >= 4 is 11.9 Å². The molecule has 1 aromatic carbocycles. The van der Waals surface area contributed by atoms with Crippen LogP contribution in [0, 0.1) is 5.41 Å². The number of aliphatic carboxylic acids is 2. The molecule has 152 valence electrons. The first kappa shape index (κ1) is 22.9. The normalized spacial score (nSPS) is 20.1. The second-order valence-electron chi connectivity index (χ2n) is 6.55. The molecule has 3 atom stereocenters. The van der Waals surface area contributed by atoms with E-state index < -0.39 is 23.5 Å². The minimum atomic E-state index is -5.08. The third-order valence-electron chi connectivity index (χ3n) is 4.49. The van der Waals surface area contributed by atoms with E-state index in [1.807, 2.05) is 30.3 Å². The molecule has 1 fully saturated rings. The SMILES string of the molecule is CO[C@@H]([C@@H]1CCCN1)[C@@](C)(Cc1ccccc1)C(=O)O.O=C(O)C(F)(F)F. The van der Waals surface area contributed by atoms with Crippen LogP contribution in [-0.4, -0.2) is 54.1 Å². The smallest absolute Gasteiger partial charge is 0.481 e. The lowest BCUT2D eigenvalue weighted by atomic mass is 9.75. The van der Waals surface area contributed by atoms with Gasteiger partial charge < -0.3 is 20.3 Å². The van der Waals surface area contributed by atoms with Crippen LogP contribution < -0.4 is 5.32 Å². The molecule has 0 aliphatic carbocycles. The molecule has 9 heteroatoms. The number of methoxy groups -OCH3 is 1. The van der Waals surface area contributed by atoms with Gasteiger partial charge in [-0.3, -0.25) is 4.79 Å². The number of hydrogen-bond donors (Lipinski definition) is 3. The van der Waals surface area contributed by atoms with E-state index in [4.69, 9.17) is 14.6 Å². The summed E-state index contributed by atoms with van der Waals surface area (Å²) in [5.41, 5.74) is 0.0930. The molecule has 1 aromatic rings. The summed E-state index contributed by atoms with van der Waals surface area (Å²) in [6, 6.07) is 9.87. The monoisotopic (exact) mass is 391 g/mol. The lowest BCUT2D eigenvalue weighted by Gasteiger charge is -2.36. The number of alkyl halides is 3. The summed E-state index contributed by atoms with van der Waals surface area (Å²) in [7, 11) is 1.61. The summed E-state index contributed by atoms with van der Waals surface area (Å²) in [6.07, 6.45) is -2.90. The fraction of sp³-hybridized carbons (Fsp3) is 0.556. The van der Waals surface area contributed by atoms with Crippen molar-refractivity contribution in [1.29, 1.82) is 0 Å². The molecule has 2 rings (SSSR count). The van der Waals surface area contributed by atoms with Gasteiger partial charge in [-0.1, -0.05) is 30.3 Å². The second kappa shape index (κ2) is 9.70. The molecule has 1 aliphatic rings. The minimum Gasteiger partial charge on any atom is -0.481 e. The second-order valence-corrected chi connectivity index (χ2v) is 6.55. The van der Waals surface area contributed by atoms with Gasteiger partial charge in [0, 0.05) is 13.2 Å². The highest BCUT2D eigenvalue weighted by Crippen LogP contribution is 2.33. The summed E-state index contributed by atoms with van der Waals surface area (Å²) in [6.45, 7) is 2.72. The number of rotatable bonds is 6. The number of hydrogen-bond acceptors (Lipinski definition) is 4. The van der Waals surface area contributed by atoms with Gasteiger partial charge in [0.25, 0.3) is 0 Å². The quantitative estimate of drug-likeness (QED) is 0.690. The van der Waals surface area contributed by atoms with Crippen molar-refractivity contribution in [2.75, 3.05) is 13.7 Å². The van der Waals surface area contributed by atoms with Crippen LogP contribution in [0.3, 0.4) is 0 Å². The molecule has 6 nitrogen and oxygen atoms in total. The lowest BCUT2D eigenvalue weighted by Crippen LogP contribution is -2.52. The van der Waals surface area contributed by atoms with Gasteiger partial charge in [-0.2, -0.15) is 13.2 Å². The number of carboxylic acid groups (broad SMARTS) is 2. The Morgan fingerprint density at radius 1 is 1.22 bits per heavy atom. The number of carbonyl (C=O) groups is 2. The van der Waals surface area contributed by atoms with Crippen LogP contribution in [0.1, 0.15) is 25.3 Å². The summed E-state index contributed by atoms with van der Waals surface area (Å²) in [4.78, 5) is 20.8. The summed E-state index contributed by atoms with van der Waals surface area (Å²) >= 11 is 0. The van der Waals surface area contributed by atoms with Crippen LogP contribution in [0.5, 0.6) is 0 Å². The largest absolute Gasteiger partial charge is 0.490 e. The first-order valence-corrected chi connectivity index (χ1v) is 8.36. The molecular formula is C18H24F3NO5. The average Bonchev–Trinajstić information content (AvgIpc) is 3.10. The maximum Gasteiger partial charge on any atom is 0.490 e. The molecule has 0 saturated carbocycles. The van der Waals surface area contributed by atoms with Gasteiger partial charge in [0.05, 0.1) is 11.5 Å². The molecule has 3 N–H and O–H groups in total. The Hall–Kier alpha value is -2.13. The van der Waals surface area contributed by atoms with Crippen LogP contribution in [-0.2, 0) is 20.7 Å². The Kier molecular flexibility index (Phi) is 8.23. The molecule has 27 heavy (non-hydrogen) atoms. The maximum atomic E-state index is 11.9. The molecule has 0 aromatic heterocycles. The first-order valence-electron chi connectivity index (χ1n) is 8.36. The standard InChI is InChI=1S/C16H23NO3.C2HF3O2/c1-16(15(18)19,11-12-7-4-3-5-8-12)14(20-2)13-9-6-10-17-13;3-2(4,5)1(6)7/h3-5,7-8,13-14,17H,6,9-11H2,1-2H3,(H,18,19);(H,6,7)/t13-,14-,16+;/m0./s1. The van der Waals surface area contributed by atoms with Crippen LogP contribution >= 0.6 is 0 Å². The lowest BCUT2D eigenvalue weighted by molar-refractivity contribution is -0.192.